The van der Waals surface area contributed by atoms with Crippen LogP contribution < -0.4 is 0 Å². The van der Waals surface area contributed by atoms with E-state index in [9.17, 15) is 0 Å². The zero-order valence-electron chi connectivity index (χ0n) is 5.44. The Kier molecular flexibility index (Phi) is 0.943. The molecule has 0 amide bonds. The van der Waals surface area contributed by atoms with Crippen LogP contribution in [0.25, 0.3) is 11.3 Å². The Labute approximate surface area is 57.6 Å². The summed E-state index contributed by atoms with van der Waals surface area (Å²) in [7, 11) is 1.87. The molecule has 2 rings (SSSR count). The molecule has 0 saturated carbocycles. The molecule has 2 aromatic heterocycles. The second-order valence-electron chi connectivity index (χ2n) is 2.00. The highest BCUT2D eigenvalue weighted by Gasteiger charge is 1.97. The lowest BCUT2D eigenvalue weighted by atomic mass is 10.7. The quantitative estimate of drug-likeness (QED) is 0.514. The summed E-state index contributed by atoms with van der Waals surface area (Å²) >= 11 is 0. The first-order valence-corrected chi connectivity index (χ1v) is 2.88. The molecule has 1 radical (unpaired) electrons. The van der Waals surface area contributed by atoms with Crippen molar-refractivity contribution in [1.29, 1.82) is 0 Å². The van der Waals surface area contributed by atoms with Crippen LogP contribution in [0, 0.1) is 6.20 Å². The van der Waals surface area contributed by atoms with E-state index >= 15 is 0 Å². The molecule has 0 aliphatic heterocycles. The van der Waals surface area contributed by atoms with Crippen molar-refractivity contribution >= 4 is 11.3 Å². The van der Waals surface area contributed by atoms with Crippen LogP contribution in [-0.2, 0) is 7.05 Å². The van der Waals surface area contributed by atoms with E-state index in [0.29, 0.717) is 5.65 Å². The first-order valence-electron chi connectivity index (χ1n) is 2.88. The second-order valence-corrected chi connectivity index (χ2v) is 2.00. The first-order chi connectivity index (χ1) is 4.88. The average molecular weight is 133 g/mol. The lowest BCUT2D eigenvalue weighted by Crippen LogP contribution is -1.87. The highest BCUT2D eigenvalue weighted by Crippen LogP contribution is 2.01. The maximum absolute atomic E-state index is 3.99. The zero-order valence-corrected chi connectivity index (χ0v) is 5.44. The number of aryl methyl sites for hydroxylation is 1. The van der Waals surface area contributed by atoms with Gasteiger partial charge in [0.2, 0.25) is 0 Å². The molecule has 10 heavy (non-hydrogen) atoms. The lowest BCUT2D eigenvalue weighted by Gasteiger charge is -1.87. The molecule has 0 saturated heterocycles. The molecule has 4 heteroatoms. The molecule has 2 aromatic rings. The van der Waals surface area contributed by atoms with Crippen molar-refractivity contribution in [3.63, 3.8) is 0 Å². The Morgan fingerprint density at radius 2 is 2.40 bits per heavy atom. The monoisotopic (exact) mass is 133 g/mol. The summed E-state index contributed by atoms with van der Waals surface area (Å²) in [5.41, 5.74) is 1.43. The van der Waals surface area contributed by atoms with Crippen LogP contribution >= 0.6 is 0 Å². The van der Waals surface area contributed by atoms with Gasteiger partial charge >= 0.3 is 0 Å². The zero-order chi connectivity index (χ0) is 6.97. The number of hydrogen-bond acceptors (Lipinski definition) is 3. The van der Waals surface area contributed by atoms with E-state index in [-0.39, 0.29) is 0 Å². The van der Waals surface area contributed by atoms with Crippen molar-refractivity contribution in [3.8, 4) is 0 Å². The molecule has 2 heterocycles. The molecule has 0 spiro atoms. The van der Waals surface area contributed by atoms with E-state index in [1.807, 2.05) is 7.05 Å². The third-order valence-electron chi connectivity index (χ3n) is 1.30. The molecule has 0 atom stereocenters. The van der Waals surface area contributed by atoms with Crippen LogP contribution in [0.2, 0.25) is 0 Å². The minimum absolute atomic E-state index is 0.668. The van der Waals surface area contributed by atoms with Crippen molar-refractivity contribution < 1.29 is 0 Å². The summed E-state index contributed by atoms with van der Waals surface area (Å²) in [5.74, 6) is 0. The number of rotatable bonds is 0. The van der Waals surface area contributed by atoms with Crippen LogP contribution in [0.15, 0.2) is 12.5 Å². The molecule has 0 aliphatic rings. The maximum Gasteiger partial charge on any atom is 0.197 e. The Morgan fingerprint density at radius 1 is 1.50 bits per heavy atom. The number of fused-ring (bicyclic) bond motifs is 1. The summed E-state index contributed by atoms with van der Waals surface area (Å²) in [6.07, 6.45) is 5.83. The van der Waals surface area contributed by atoms with Gasteiger partial charge in [0, 0.05) is 7.05 Å². The van der Waals surface area contributed by atoms with Crippen LogP contribution in [0.4, 0.5) is 0 Å². The van der Waals surface area contributed by atoms with Gasteiger partial charge in [-0.1, -0.05) is 0 Å². The lowest BCUT2D eigenvalue weighted by molar-refractivity contribution is 0.929. The van der Waals surface area contributed by atoms with E-state index in [4.69, 9.17) is 0 Å². The van der Waals surface area contributed by atoms with Crippen molar-refractivity contribution in [2.45, 2.75) is 0 Å². The Morgan fingerprint density at radius 3 is 3.20 bits per heavy atom. The van der Waals surface area contributed by atoms with Gasteiger partial charge in [-0.15, -0.1) is 0 Å². The Balaban J connectivity index is 2.93. The van der Waals surface area contributed by atoms with Gasteiger partial charge in [0.25, 0.3) is 0 Å². The van der Waals surface area contributed by atoms with Gasteiger partial charge in [-0.3, -0.25) is 0 Å². The van der Waals surface area contributed by atoms with Crippen molar-refractivity contribution in [3.05, 3.63) is 18.7 Å². The molecule has 0 aromatic carbocycles. The van der Waals surface area contributed by atoms with E-state index in [0.717, 1.165) is 5.65 Å². The van der Waals surface area contributed by atoms with Crippen LogP contribution in [-0.4, -0.2) is 19.5 Å². The molecule has 0 aliphatic carbocycles. The minimum atomic E-state index is 0.668. The summed E-state index contributed by atoms with van der Waals surface area (Å²) in [4.78, 5) is 11.9. The van der Waals surface area contributed by atoms with Crippen LogP contribution in [0.1, 0.15) is 0 Å². The third kappa shape index (κ3) is 0.586. The molecule has 0 unspecified atom stereocenters. The minimum Gasteiger partial charge on any atom is -0.317 e. The fraction of sp³-hybridized carbons (Fsp3) is 0.167. The highest BCUT2D eigenvalue weighted by atomic mass is 15.1. The molecular weight excluding hydrogens is 128 g/mol. The van der Waals surface area contributed by atoms with Gasteiger partial charge in [0.15, 0.2) is 11.3 Å². The molecule has 0 fully saturated rings. The number of aromatic nitrogens is 4. The predicted molar refractivity (Wildman–Crippen MR) is 35.1 cm³/mol. The topological polar surface area (TPSA) is 43.6 Å². The molecule has 0 bridgehead atoms. The standard InChI is InChI=1S/C6H5N4/c1-10-4-9-5-6(10)8-3-2-7-5/h2,4H,1H3. The Hall–Kier alpha value is -1.45. The third-order valence-corrected chi connectivity index (χ3v) is 1.30. The number of nitrogens with zero attached hydrogens (tertiary/aromatic N) is 4. The van der Waals surface area contributed by atoms with Crippen LogP contribution in [0.3, 0.4) is 0 Å². The number of imidazole rings is 1. The predicted octanol–water partition coefficient (Wildman–Crippen LogP) is 0.163. The summed E-state index contributed by atoms with van der Waals surface area (Å²) < 4.78 is 1.80. The van der Waals surface area contributed by atoms with Crippen molar-refractivity contribution in [2.24, 2.45) is 7.05 Å². The number of hydrogen-bond donors (Lipinski definition) is 0. The van der Waals surface area contributed by atoms with Gasteiger partial charge in [-0.2, -0.15) is 0 Å². The van der Waals surface area contributed by atoms with E-state index in [2.05, 4.69) is 21.1 Å². The summed E-state index contributed by atoms with van der Waals surface area (Å²) in [6.45, 7) is 0. The Bertz CT molecular complexity index is 351. The fourth-order valence-electron chi connectivity index (χ4n) is 0.811. The SMILES string of the molecule is Cn1cnc2nc[c]nc21. The molecule has 0 N–H and O–H groups in total. The molecule has 4 nitrogen and oxygen atoms in total. The second kappa shape index (κ2) is 1.76. The van der Waals surface area contributed by atoms with Gasteiger partial charge in [0.1, 0.15) is 6.20 Å². The highest BCUT2D eigenvalue weighted by molar-refractivity contribution is 5.64. The van der Waals surface area contributed by atoms with Gasteiger partial charge in [-0.25, -0.2) is 15.0 Å². The fourth-order valence-corrected chi connectivity index (χ4v) is 0.811. The largest absolute Gasteiger partial charge is 0.317 e. The smallest absolute Gasteiger partial charge is 0.197 e. The van der Waals surface area contributed by atoms with Gasteiger partial charge in [0.05, 0.1) is 12.5 Å². The van der Waals surface area contributed by atoms with E-state index in [1.165, 1.54) is 6.20 Å². The van der Waals surface area contributed by atoms with Gasteiger partial charge < -0.3 is 4.57 Å². The van der Waals surface area contributed by atoms with E-state index < -0.39 is 0 Å². The first kappa shape index (κ1) is 5.34. The molecular formula is C6H5N4. The summed E-state index contributed by atoms with van der Waals surface area (Å²) in [5, 5.41) is 0. The summed E-state index contributed by atoms with van der Waals surface area (Å²) in [6, 6.07) is 0. The van der Waals surface area contributed by atoms with Crippen LogP contribution in [0.5, 0.6) is 0 Å². The van der Waals surface area contributed by atoms with E-state index in [1.54, 1.807) is 10.9 Å². The van der Waals surface area contributed by atoms with Crippen molar-refractivity contribution in [1.82, 2.24) is 19.5 Å². The van der Waals surface area contributed by atoms with Crippen molar-refractivity contribution in [2.75, 3.05) is 0 Å². The van der Waals surface area contributed by atoms with Gasteiger partial charge in [-0.05, 0) is 0 Å². The molecule has 49 valence electrons. The maximum atomic E-state index is 3.99. The average Bonchev–Trinajstić information content (AvgIpc) is 2.34. The normalized spacial score (nSPS) is 10.5.